The number of nitrogens with two attached hydrogens (primary N) is 1. The van der Waals surface area contributed by atoms with E-state index in [2.05, 4.69) is 10.0 Å². The fraction of sp³-hybridized carbons (Fsp3) is 0.538. The first-order valence-corrected chi connectivity index (χ1v) is 8.19. The normalized spacial score (nSPS) is 11.5. The van der Waals surface area contributed by atoms with Gasteiger partial charge in [0.2, 0.25) is 10.0 Å². The molecule has 0 fully saturated rings. The fourth-order valence-electron chi connectivity index (χ4n) is 1.63. The van der Waals surface area contributed by atoms with E-state index >= 15 is 0 Å². The van der Waals surface area contributed by atoms with Crippen LogP contribution < -0.4 is 15.8 Å². The average molecular weight is 317 g/mol. The SMILES string of the molecule is CCNS(=O)(=O)c1ccc(N)c(NCCOCCOC)c1. The summed E-state index contributed by atoms with van der Waals surface area (Å²) in [5, 5.41) is 3.06. The molecule has 1 aromatic carbocycles. The molecule has 0 saturated heterocycles. The molecule has 4 N–H and O–H groups in total. The number of ether oxygens (including phenoxy) is 2. The molecule has 1 rings (SSSR count). The van der Waals surface area contributed by atoms with Crippen molar-refractivity contribution >= 4 is 21.4 Å². The fourth-order valence-corrected chi connectivity index (χ4v) is 2.70. The van der Waals surface area contributed by atoms with Gasteiger partial charge in [0.05, 0.1) is 36.1 Å². The second-order valence-corrected chi connectivity index (χ2v) is 6.05. The second kappa shape index (κ2) is 8.83. The molecule has 1 aromatic rings. The van der Waals surface area contributed by atoms with Crippen molar-refractivity contribution in [1.29, 1.82) is 0 Å². The Morgan fingerprint density at radius 2 is 2.00 bits per heavy atom. The van der Waals surface area contributed by atoms with Crippen LogP contribution in [-0.4, -0.2) is 48.4 Å². The van der Waals surface area contributed by atoms with Crippen LogP contribution in [0.4, 0.5) is 11.4 Å². The van der Waals surface area contributed by atoms with Crippen LogP contribution in [0.3, 0.4) is 0 Å². The zero-order valence-corrected chi connectivity index (χ0v) is 13.2. The van der Waals surface area contributed by atoms with Crippen molar-refractivity contribution < 1.29 is 17.9 Å². The monoisotopic (exact) mass is 317 g/mol. The summed E-state index contributed by atoms with van der Waals surface area (Å²) in [7, 11) is -1.88. The van der Waals surface area contributed by atoms with Gasteiger partial charge in [-0.05, 0) is 18.2 Å². The minimum Gasteiger partial charge on any atom is -0.397 e. The molecule has 0 heterocycles. The smallest absolute Gasteiger partial charge is 0.240 e. The molecule has 0 unspecified atom stereocenters. The Kier molecular flexibility index (Phi) is 7.44. The van der Waals surface area contributed by atoms with Crippen LogP contribution in [0.15, 0.2) is 23.1 Å². The van der Waals surface area contributed by atoms with Crippen molar-refractivity contribution in [2.24, 2.45) is 0 Å². The van der Waals surface area contributed by atoms with Gasteiger partial charge in [0.15, 0.2) is 0 Å². The molecule has 0 spiro atoms. The van der Waals surface area contributed by atoms with E-state index in [1.807, 2.05) is 0 Å². The Hall–Kier alpha value is -1.35. The van der Waals surface area contributed by atoms with Gasteiger partial charge in [-0.1, -0.05) is 6.92 Å². The second-order valence-electron chi connectivity index (χ2n) is 4.28. The van der Waals surface area contributed by atoms with Gasteiger partial charge < -0.3 is 20.5 Å². The molecular weight excluding hydrogens is 294 g/mol. The van der Waals surface area contributed by atoms with Gasteiger partial charge in [0, 0.05) is 20.2 Å². The standard InChI is InChI=1S/C13H23N3O4S/c1-3-16-21(17,18)11-4-5-12(14)13(10-11)15-6-7-20-9-8-19-2/h4-5,10,15-16H,3,6-9,14H2,1-2H3. The van der Waals surface area contributed by atoms with Crippen LogP contribution in [0.2, 0.25) is 0 Å². The number of nitrogens with one attached hydrogen (secondary N) is 2. The topological polar surface area (TPSA) is 103 Å². The lowest BCUT2D eigenvalue weighted by Gasteiger charge is -2.12. The Bertz CT molecular complexity index is 534. The van der Waals surface area contributed by atoms with Gasteiger partial charge in [0.1, 0.15) is 0 Å². The summed E-state index contributed by atoms with van der Waals surface area (Å²) < 4.78 is 36.5. The molecule has 0 amide bonds. The third kappa shape index (κ3) is 5.88. The molecule has 7 nitrogen and oxygen atoms in total. The number of hydrogen-bond donors (Lipinski definition) is 3. The van der Waals surface area contributed by atoms with Gasteiger partial charge in [-0.2, -0.15) is 0 Å². The van der Waals surface area contributed by atoms with Gasteiger partial charge in [-0.3, -0.25) is 0 Å². The highest BCUT2D eigenvalue weighted by atomic mass is 32.2. The van der Waals surface area contributed by atoms with Gasteiger partial charge in [0.25, 0.3) is 0 Å². The van der Waals surface area contributed by atoms with Crippen LogP contribution in [-0.2, 0) is 19.5 Å². The van der Waals surface area contributed by atoms with Crippen molar-refractivity contribution in [3.63, 3.8) is 0 Å². The third-order valence-corrected chi connectivity index (χ3v) is 4.21. The van der Waals surface area contributed by atoms with E-state index < -0.39 is 10.0 Å². The highest BCUT2D eigenvalue weighted by molar-refractivity contribution is 7.89. The van der Waals surface area contributed by atoms with Crippen LogP contribution in [0.5, 0.6) is 0 Å². The van der Waals surface area contributed by atoms with Crippen molar-refractivity contribution in [3.8, 4) is 0 Å². The number of sulfonamides is 1. The van der Waals surface area contributed by atoms with Crippen molar-refractivity contribution in [2.45, 2.75) is 11.8 Å². The maximum atomic E-state index is 11.9. The predicted molar refractivity (Wildman–Crippen MR) is 82.9 cm³/mol. The minimum absolute atomic E-state index is 0.182. The Balaban J connectivity index is 2.62. The number of nitrogen functional groups attached to an aromatic ring is 1. The van der Waals surface area contributed by atoms with Crippen molar-refractivity contribution in [3.05, 3.63) is 18.2 Å². The summed E-state index contributed by atoms with van der Waals surface area (Å²) >= 11 is 0. The summed E-state index contributed by atoms with van der Waals surface area (Å²) in [6, 6.07) is 4.56. The van der Waals surface area contributed by atoms with E-state index in [4.69, 9.17) is 15.2 Å². The van der Waals surface area contributed by atoms with Crippen LogP contribution in [0.25, 0.3) is 0 Å². The summed E-state index contributed by atoms with van der Waals surface area (Å²) in [6.45, 7) is 4.13. The first-order valence-electron chi connectivity index (χ1n) is 6.71. The van der Waals surface area contributed by atoms with E-state index in [0.29, 0.717) is 44.3 Å². The number of anilines is 2. The lowest BCUT2D eigenvalue weighted by atomic mass is 10.2. The zero-order chi connectivity index (χ0) is 15.7. The van der Waals surface area contributed by atoms with Crippen molar-refractivity contribution in [2.75, 3.05) is 51.1 Å². The van der Waals surface area contributed by atoms with Gasteiger partial charge in [-0.25, -0.2) is 13.1 Å². The molecule has 8 heteroatoms. The highest BCUT2D eigenvalue weighted by Crippen LogP contribution is 2.22. The molecule has 21 heavy (non-hydrogen) atoms. The van der Waals surface area contributed by atoms with E-state index in [0.717, 1.165) is 0 Å². The molecule has 0 radical (unpaired) electrons. The third-order valence-electron chi connectivity index (χ3n) is 2.66. The summed E-state index contributed by atoms with van der Waals surface area (Å²) in [5.74, 6) is 0. The van der Waals surface area contributed by atoms with E-state index in [-0.39, 0.29) is 4.90 Å². The average Bonchev–Trinajstić information content (AvgIpc) is 2.44. The molecule has 0 aliphatic heterocycles. The largest absolute Gasteiger partial charge is 0.397 e. The Morgan fingerprint density at radius 1 is 1.24 bits per heavy atom. The molecule has 0 aliphatic rings. The van der Waals surface area contributed by atoms with Crippen molar-refractivity contribution in [1.82, 2.24) is 4.72 Å². The molecule has 0 bridgehead atoms. The van der Waals surface area contributed by atoms with E-state index in [1.54, 1.807) is 20.1 Å². The molecule has 120 valence electrons. The first-order chi connectivity index (χ1) is 10.0. The van der Waals surface area contributed by atoms with Gasteiger partial charge >= 0.3 is 0 Å². The van der Waals surface area contributed by atoms with E-state index in [9.17, 15) is 8.42 Å². The maximum Gasteiger partial charge on any atom is 0.240 e. The zero-order valence-electron chi connectivity index (χ0n) is 12.4. The van der Waals surface area contributed by atoms with Crippen LogP contribution in [0, 0.1) is 0 Å². The number of methoxy groups -OCH3 is 1. The highest BCUT2D eigenvalue weighted by Gasteiger charge is 2.14. The van der Waals surface area contributed by atoms with Gasteiger partial charge in [-0.15, -0.1) is 0 Å². The lowest BCUT2D eigenvalue weighted by molar-refractivity contribution is 0.0759. The summed E-state index contributed by atoms with van der Waals surface area (Å²) in [4.78, 5) is 0.182. The predicted octanol–water partition coefficient (Wildman–Crippen LogP) is 0.642. The quantitative estimate of drug-likeness (QED) is 0.432. The minimum atomic E-state index is -3.49. The molecule has 0 aromatic heterocycles. The summed E-state index contributed by atoms with van der Waals surface area (Å²) in [6.07, 6.45) is 0. The summed E-state index contributed by atoms with van der Waals surface area (Å²) in [5.41, 5.74) is 6.89. The maximum absolute atomic E-state index is 11.9. The number of rotatable bonds is 10. The molecule has 0 atom stereocenters. The lowest BCUT2D eigenvalue weighted by Crippen LogP contribution is -2.23. The number of hydrogen-bond acceptors (Lipinski definition) is 6. The Labute approximate surface area is 125 Å². The van der Waals surface area contributed by atoms with Crippen LogP contribution in [0.1, 0.15) is 6.92 Å². The number of benzene rings is 1. The molecule has 0 aliphatic carbocycles. The Morgan fingerprint density at radius 3 is 2.67 bits per heavy atom. The molecular formula is C13H23N3O4S. The van der Waals surface area contributed by atoms with E-state index in [1.165, 1.54) is 12.1 Å². The van der Waals surface area contributed by atoms with Crippen LogP contribution >= 0.6 is 0 Å². The first kappa shape index (κ1) is 17.7. The molecule has 0 saturated carbocycles.